The van der Waals surface area contributed by atoms with Gasteiger partial charge in [0, 0.05) is 24.3 Å². The zero-order chi connectivity index (χ0) is 36.4. The number of aromatic nitrogens is 3. The van der Waals surface area contributed by atoms with Crippen LogP contribution >= 0.6 is 7.75 Å². The Morgan fingerprint density at radius 2 is 1.88 bits per heavy atom. The monoisotopic (exact) mass is 578 g/mol. The van der Waals surface area contributed by atoms with E-state index in [1.54, 1.807) is 29.7 Å². The normalized spacial score (nSPS) is 19.0. The molecule has 12 heteroatoms. The second kappa shape index (κ2) is 12.8. The van der Waals surface area contributed by atoms with Crippen molar-refractivity contribution >= 4 is 41.5 Å². The molecule has 0 spiro atoms. The molecule has 0 saturated heterocycles. The molecule has 0 aliphatic heterocycles. The molecule has 214 valence electrons. The van der Waals surface area contributed by atoms with Crippen molar-refractivity contribution in [2.24, 2.45) is 0 Å². The zero-order valence-corrected chi connectivity index (χ0v) is 22.8. The van der Waals surface area contributed by atoms with Gasteiger partial charge in [0.1, 0.15) is 29.7 Å². The third-order valence-corrected chi connectivity index (χ3v) is 7.27. The maximum absolute atomic E-state index is 14.4. The number of para-hydroxylation sites is 2. The molecule has 40 heavy (non-hydrogen) atoms. The lowest BCUT2D eigenvalue weighted by molar-refractivity contribution is -0.149. The fourth-order valence-electron chi connectivity index (χ4n) is 4.03. The first kappa shape index (κ1) is 19.6. The number of hydrogen-bond acceptors (Lipinski definition) is 9. The van der Waals surface area contributed by atoms with Crippen LogP contribution in [0.1, 0.15) is 52.6 Å². The second-order valence-corrected chi connectivity index (χ2v) is 10.3. The molecule has 3 atom stereocenters. The zero-order valence-electron chi connectivity index (χ0n) is 30.9. The highest BCUT2D eigenvalue weighted by Crippen LogP contribution is 2.46. The van der Waals surface area contributed by atoms with Gasteiger partial charge in [0.15, 0.2) is 5.82 Å². The van der Waals surface area contributed by atoms with Crippen LogP contribution in [0.2, 0.25) is 0 Å². The van der Waals surface area contributed by atoms with Crippen molar-refractivity contribution < 1.29 is 40.2 Å². The number of imidazole rings is 1. The summed E-state index contributed by atoms with van der Waals surface area (Å²) in [6, 6.07) is 12.2. The van der Waals surface area contributed by atoms with Crippen LogP contribution in [0, 0.1) is 0 Å². The molecule has 0 bridgehead atoms. The number of carbonyl (C=O) groups is 1. The van der Waals surface area contributed by atoms with Crippen LogP contribution in [-0.2, 0) is 36.5 Å². The summed E-state index contributed by atoms with van der Waals surface area (Å²) in [5, 5.41) is 2.78. The van der Waals surface area contributed by atoms with E-state index in [2.05, 4.69) is 15.1 Å². The summed E-state index contributed by atoms with van der Waals surface area (Å²) in [5.74, 6) is -1.28. The van der Waals surface area contributed by atoms with Gasteiger partial charge in [0.05, 0.1) is 29.8 Å². The number of esters is 1. The first-order valence-electron chi connectivity index (χ1n) is 16.9. The Kier molecular flexibility index (Phi) is 6.25. The van der Waals surface area contributed by atoms with Gasteiger partial charge in [0.25, 0.3) is 0 Å². The Morgan fingerprint density at radius 1 is 1.12 bits per heavy atom. The largest absolute Gasteiger partial charge is 0.462 e. The number of pyridine rings is 1. The lowest BCUT2D eigenvalue weighted by atomic mass is 10.2. The Morgan fingerprint density at radius 3 is 2.60 bits per heavy atom. The van der Waals surface area contributed by atoms with E-state index in [1.165, 1.54) is 31.2 Å². The standard InChI is InChI=1S/C28H36N5O6P/c1-6-36-17-24-31-25-26(22-14-10-11-15-23(22)30-27(25)29)33(24)16-19(4)38-40(35,39-21-12-8-7-9-13-21)32-20(5)28(34)37-18(2)3/h7-15,18-20H,6,16-17H2,1-5H3,(H2,29,30)(H,32,35)/t19-,20-,40-/m0/s1/i2D3,3D3,5D3. The number of nitrogens with zero attached hydrogens (tertiary/aromatic N) is 3. The molecule has 0 fully saturated rings. The van der Waals surface area contributed by atoms with Gasteiger partial charge in [-0.05, 0) is 52.6 Å². The van der Waals surface area contributed by atoms with E-state index in [0.717, 1.165) is 0 Å². The third kappa shape index (κ3) is 6.98. The number of anilines is 1. The molecular weight excluding hydrogens is 533 g/mol. The maximum atomic E-state index is 14.4. The van der Waals surface area contributed by atoms with Crippen LogP contribution in [0.15, 0.2) is 54.6 Å². The first-order chi connectivity index (χ1) is 22.7. The number of fused-ring (bicyclic) bond motifs is 3. The van der Waals surface area contributed by atoms with E-state index in [0.29, 0.717) is 34.4 Å². The molecular formula is C28H36N5O6P. The van der Waals surface area contributed by atoms with Crippen LogP contribution < -0.4 is 15.3 Å². The van der Waals surface area contributed by atoms with Gasteiger partial charge in [-0.3, -0.25) is 9.32 Å². The number of hydrogen-bond donors (Lipinski definition) is 2. The van der Waals surface area contributed by atoms with Crippen LogP contribution in [0.3, 0.4) is 0 Å². The van der Waals surface area contributed by atoms with Crippen molar-refractivity contribution in [2.45, 2.75) is 65.8 Å². The van der Waals surface area contributed by atoms with Gasteiger partial charge in [-0.15, -0.1) is 0 Å². The summed E-state index contributed by atoms with van der Waals surface area (Å²) in [7, 11) is -4.90. The lowest BCUT2D eigenvalue weighted by Crippen LogP contribution is -2.37. The molecule has 2 aromatic carbocycles. The number of carbonyl (C=O) groups excluding carboxylic acids is 1. The topological polar surface area (TPSA) is 140 Å². The van der Waals surface area contributed by atoms with Crippen LogP contribution in [0.5, 0.6) is 5.75 Å². The third-order valence-electron chi connectivity index (χ3n) is 5.61. The van der Waals surface area contributed by atoms with Crippen molar-refractivity contribution in [1.29, 1.82) is 0 Å². The van der Waals surface area contributed by atoms with Crippen LogP contribution in [0.4, 0.5) is 5.82 Å². The van der Waals surface area contributed by atoms with Gasteiger partial charge >= 0.3 is 13.7 Å². The van der Waals surface area contributed by atoms with Gasteiger partial charge in [-0.1, -0.05) is 36.4 Å². The van der Waals surface area contributed by atoms with Gasteiger partial charge in [0.2, 0.25) is 0 Å². The van der Waals surface area contributed by atoms with Crippen LogP contribution in [-0.4, -0.2) is 45.4 Å². The molecule has 0 amide bonds. The molecule has 2 heterocycles. The summed E-state index contributed by atoms with van der Waals surface area (Å²) in [6.07, 6.45) is -3.75. The highest BCUT2D eigenvalue weighted by atomic mass is 31.2. The summed E-state index contributed by atoms with van der Waals surface area (Å²) in [4.78, 5) is 22.3. The molecule has 0 aliphatic rings. The van der Waals surface area contributed by atoms with E-state index in [-0.39, 0.29) is 24.7 Å². The summed E-state index contributed by atoms with van der Waals surface area (Å²) in [5.41, 5.74) is 7.80. The van der Waals surface area contributed by atoms with E-state index in [4.69, 9.17) is 36.6 Å². The predicted molar refractivity (Wildman–Crippen MR) is 154 cm³/mol. The Bertz CT molecular complexity index is 1800. The fraction of sp³-hybridized carbons (Fsp3) is 0.393. The van der Waals surface area contributed by atoms with Crippen molar-refractivity contribution in [2.75, 3.05) is 12.3 Å². The SMILES string of the molecule is [2H]C([2H])([2H])C(OC(=O)[C@@H](N[P@@](=O)(Oc1ccccc1)O[C@@H](C)Cn1c(COCC)nc2c(N)nc3ccccc3c21)C([2H])([2H])[2H])C([2H])([2H])[2H]. The number of nitrogens with two attached hydrogens (primary N) is 1. The number of nitrogen functional groups attached to an aromatic ring is 1. The van der Waals surface area contributed by atoms with Gasteiger partial charge < -0.3 is 24.3 Å². The molecule has 0 radical (unpaired) electrons. The highest BCUT2D eigenvalue weighted by Gasteiger charge is 2.35. The quantitative estimate of drug-likeness (QED) is 0.160. The Balaban J connectivity index is 1.74. The van der Waals surface area contributed by atoms with Gasteiger partial charge in [-0.2, -0.15) is 5.09 Å². The minimum atomic E-state index is -4.90. The number of ether oxygens (including phenoxy) is 2. The molecule has 0 aliphatic carbocycles. The minimum Gasteiger partial charge on any atom is -0.462 e. The van der Waals surface area contributed by atoms with Crippen molar-refractivity contribution in [1.82, 2.24) is 19.6 Å². The van der Waals surface area contributed by atoms with Crippen molar-refractivity contribution in [3.63, 3.8) is 0 Å². The number of rotatable bonds is 13. The molecule has 3 N–H and O–H groups in total. The molecule has 4 rings (SSSR count). The Hall–Kier alpha value is -3.50. The predicted octanol–water partition coefficient (Wildman–Crippen LogP) is 5.23. The average Bonchev–Trinajstić information content (AvgIpc) is 3.34. The molecule has 0 unspecified atom stereocenters. The second-order valence-electron chi connectivity index (χ2n) is 8.68. The van der Waals surface area contributed by atoms with E-state index in [1.807, 2.05) is 12.1 Å². The van der Waals surface area contributed by atoms with Crippen molar-refractivity contribution in [3.05, 3.63) is 60.4 Å². The Labute approximate surface area is 246 Å². The maximum Gasteiger partial charge on any atom is 0.459 e. The summed E-state index contributed by atoms with van der Waals surface area (Å²) < 4.78 is 107. The molecule has 0 saturated carbocycles. The highest BCUT2D eigenvalue weighted by molar-refractivity contribution is 7.52. The van der Waals surface area contributed by atoms with E-state index < -0.39 is 52.5 Å². The molecule has 2 aromatic heterocycles. The smallest absolute Gasteiger partial charge is 0.459 e. The minimum absolute atomic E-state index is 0.0407. The summed E-state index contributed by atoms with van der Waals surface area (Å²) in [6.45, 7) is -6.36. The molecule has 11 nitrogen and oxygen atoms in total. The first-order valence-corrected chi connectivity index (χ1v) is 13.9. The van der Waals surface area contributed by atoms with E-state index in [9.17, 15) is 9.36 Å². The van der Waals surface area contributed by atoms with Gasteiger partial charge in [-0.25, -0.2) is 14.5 Å². The molecule has 4 aromatic rings. The summed E-state index contributed by atoms with van der Waals surface area (Å²) >= 11 is 0. The van der Waals surface area contributed by atoms with E-state index >= 15 is 0 Å². The average molecular weight is 579 g/mol. The lowest BCUT2D eigenvalue weighted by Gasteiger charge is -2.26. The fourth-order valence-corrected chi connectivity index (χ4v) is 5.54. The number of nitrogens with one attached hydrogen (secondary N) is 1. The van der Waals surface area contributed by atoms with Crippen LogP contribution in [0.25, 0.3) is 21.9 Å². The number of benzene rings is 2. The van der Waals surface area contributed by atoms with Crippen molar-refractivity contribution in [3.8, 4) is 5.75 Å².